The van der Waals surface area contributed by atoms with Gasteiger partial charge in [-0.15, -0.1) is 0 Å². The zero-order valence-corrected chi connectivity index (χ0v) is 16.8. The molecule has 1 aromatic heterocycles. The van der Waals surface area contributed by atoms with Crippen LogP contribution in [-0.4, -0.2) is 28.4 Å². The molecule has 7 heteroatoms. The van der Waals surface area contributed by atoms with E-state index >= 15 is 0 Å². The van der Waals surface area contributed by atoms with Crippen molar-refractivity contribution in [3.8, 4) is 11.4 Å². The number of aromatic nitrogens is 2. The molecule has 166 valence electrons. The van der Waals surface area contributed by atoms with Crippen LogP contribution in [0.1, 0.15) is 26.0 Å². The molecular weight excluding hydrogens is 412 g/mol. The Morgan fingerprint density at radius 1 is 1.09 bits per heavy atom. The highest BCUT2D eigenvalue weighted by atomic mass is 19.1. The maximum Gasteiger partial charge on any atom is 0.251 e. The number of carbonyl (C=O) groups excluding carboxylic acids is 1. The Labute approximate surface area is 185 Å². The van der Waals surface area contributed by atoms with Crippen LogP contribution in [-0.2, 0) is 4.79 Å². The molecular formula is C25H25F2N3O2. The summed E-state index contributed by atoms with van der Waals surface area (Å²) in [5.74, 6) is -0.411. The van der Waals surface area contributed by atoms with Crippen LogP contribution in [0.2, 0.25) is 0 Å². The second kappa shape index (κ2) is 10.0. The fourth-order valence-electron chi connectivity index (χ4n) is 3.49. The van der Waals surface area contributed by atoms with Gasteiger partial charge in [0.15, 0.2) is 6.67 Å². The van der Waals surface area contributed by atoms with E-state index in [4.69, 9.17) is 4.74 Å². The van der Waals surface area contributed by atoms with E-state index in [1.807, 2.05) is 48.5 Å². The number of hydrogen-bond donors (Lipinski definition) is 1. The third kappa shape index (κ3) is 4.94. The molecule has 0 bridgehead atoms. The number of benzene rings is 3. The van der Waals surface area contributed by atoms with Gasteiger partial charge in [0.05, 0.1) is 23.4 Å². The van der Waals surface area contributed by atoms with Crippen molar-refractivity contribution in [1.82, 2.24) is 15.1 Å². The van der Waals surface area contributed by atoms with Crippen LogP contribution < -0.4 is 10.1 Å². The Morgan fingerprint density at radius 2 is 1.81 bits per heavy atom. The van der Waals surface area contributed by atoms with Gasteiger partial charge in [-0.3, -0.25) is 4.79 Å². The largest absolute Gasteiger partial charge is 0.484 e. The summed E-state index contributed by atoms with van der Waals surface area (Å²) < 4.78 is 33.9. The lowest BCUT2D eigenvalue weighted by Crippen LogP contribution is -2.39. The van der Waals surface area contributed by atoms with E-state index in [-0.39, 0.29) is 13.2 Å². The van der Waals surface area contributed by atoms with Crippen molar-refractivity contribution in [1.29, 1.82) is 0 Å². The van der Waals surface area contributed by atoms with Gasteiger partial charge in [0.25, 0.3) is 5.91 Å². The van der Waals surface area contributed by atoms with Gasteiger partial charge in [-0.1, -0.05) is 37.8 Å². The van der Waals surface area contributed by atoms with Crippen molar-refractivity contribution < 1.29 is 18.3 Å². The lowest BCUT2D eigenvalue weighted by atomic mass is 10.0. The maximum absolute atomic E-state index is 13.2. The summed E-state index contributed by atoms with van der Waals surface area (Å²) in [6.07, 6.45) is 1.19. The molecule has 0 aliphatic heterocycles. The number of carbonyl (C=O) groups is 1. The molecule has 32 heavy (non-hydrogen) atoms. The highest BCUT2D eigenvalue weighted by Crippen LogP contribution is 2.29. The minimum Gasteiger partial charge on any atom is -0.484 e. The third-order valence-corrected chi connectivity index (χ3v) is 4.97. The molecule has 0 saturated heterocycles. The lowest BCUT2D eigenvalue weighted by molar-refractivity contribution is -0.123. The van der Waals surface area contributed by atoms with Crippen molar-refractivity contribution in [2.45, 2.75) is 26.5 Å². The van der Waals surface area contributed by atoms with Crippen LogP contribution in [0.25, 0.3) is 16.6 Å². The molecule has 1 amide bonds. The van der Waals surface area contributed by atoms with E-state index in [0.717, 1.165) is 22.2 Å². The Balaban J connectivity index is 0.00000289. The summed E-state index contributed by atoms with van der Waals surface area (Å²) in [5.41, 5.74) is 2.44. The number of nitrogens with zero attached hydrogens (tertiary/aromatic N) is 2. The van der Waals surface area contributed by atoms with Gasteiger partial charge >= 0.3 is 0 Å². The highest BCUT2D eigenvalue weighted by Gasteiger charge is 2.23. The van der Waals surface area contributed by atoms with Gasteiger partial charge in [0, 0.05) is 5.39 Å². The molecule has 0 radical (unpaired) electrons. The van der Waals surface area contributed by atoms with Gasteiger partial charge in [-0.25, -0.2) is 13.5 Å². The highest BCUT2D eigenvalue weighted by molar-refractivity contribution is 5.81. The van der Waals surface area contributed by atoms with Gasteiger partial charge in [0.1, 0.15) is 17.7 Å². The molecule has 0 fully saturated rings. The maximum atomic E-state index is 13.2. The molecule has 1 heterocycles. The van der Waals surface area contributed by atoms with Gasteiger partial charge in [-0.2, -0.15) is 5.10 Å². The Bertz CT molecular complexity index is 1180. The van der Waals surface area contributed by atoms with E-state index in [1.165, 1.54) is 12.1 Å². The number of hydrogen-bond acceptors (Lipinski definition) is 3. The minimum absolute atomic E-state index is 0. The predicted octanol–water partition coefficient (Wildman–Crippen LogP) is 5.40. The zero-order valence-electron chi connectivity index (χ0n) is 16.8. The molecule has 4 rings (SSSR count). The molecule has 0 spiro atoms. The summed E-state index contributed by atoms with van der Waals surface area (Å²) >= 11 is 0. The smallest absolute Gasteiger partial charge is 0.251 e. The van der Waals surface area contributed by atoms with Crippen molar-refractivity contribution in [2.75, 3.05) is 6.67 Å². The number of alkyl halides is 1. The van der Waals surface area contributed by atoms with Crippen LogP contribution in [0.15, 0.2) is 79.0 Å². The number of halogens is 2. The first-order chi connectivity index (χ1) is 15.0. The van der Waals surface area contributed by atoms with E-state index in [2.05, 4.69) is 10.4 Å². The fourth-order valence-corrected chi connectivity index (χ4v) is 3.49. The van der Waals surface area contributed by atoms with Crippen molar-refractivity contribution in [3.63, 3.8) is 0 Å². The standard InChI is InChI=1S/C24H21F2N3O2.CH4/c1-16(28-23(30)14-25)24(17-5-3-2-4-6-17)31-21-11-12-22-18(13-21)15-27-29(22)20-9-7-19(26)8-10-20;/h2-13,15-16,24H,14H2,1H3,(H,28,30);1H4/t16-,24-;/m0./s1. The number of fused-ring (bicyclic) bond motifs is 1. The molecule has 0 unspecified atom stereocenters. The second-order valence-corrected chi connectivity index (χ2v) is 7.19. The molecule has 5 nitrogen and oxygen atoms in total. The average Bonchev–Trinajstić information content (AvgIpc) is 3.21. The molecule has 0 aliphatic carbocycles. The summed E-state index contributed by atoms with van der Waals surface area (Å²) in [4.78, 5) is 11.6. The van der Waals surface area contributed by atoms with Gasteiger partial charge in [-0.05, 0) is 55.0 Å². The van der Waals surface area contributed by atoms with E-state index in [0.29, 0.717) is 5.75 Å². The van der Waals surface area contributed by atoms with E-state index in [1.54, 1.807) is 29.9 Å². The van der Waals surface area contributed by atoms with Gasteiger partial charge < -0.3 is 10.1 Å². The molecule has 2 atom stereocenters. The summed E-state index contributed by atoms with van der Waals surface area (Å²) in [6.45, 7) is 0.691. The van der Waals surface area contributed by atoms with E-state index in [9.17, 15) is 13.6 Å². The summed E-state index contributed by atoms with van der Waals surface area (Å²) in [6, 6.07) is 20.6. The molecule has 0 saturated carbocycles. The second-order valence-electron chi connectivity index (χ2n) is 7.19. The topological polar surface area (TPSA) is 56.1 Å². The minimum atomic E-state index is -1.08. The Kier molecular flexibility index (Phi) is 7.20. The number of rotatable bonds is 7. The number of ether oxygens (including phenoxy) is 1. The average molecular weight is 437 g/mol. The zero-order chi connectivity index (χ0) is 21.8. The predicted molar refractivity (Wildman–Crippen MR) is 121 cm³/mol. The lowest BCUT2D eigenvalue weighted by Gasteiger charge is -2.26. The van der Waals surface area contributed by atoms with Crippen LogP contribution in [0, 0.1) is 5.82 Å². The first-order valence-corrected chi connectivity index (χ1v) is 9.86. The summed E-state index contributed by atoms with van der Waals surface area (Å²) in [7, 11) is 0. The quantitative estimate of drug-likeness (QED) is 0.421. The monoisotopic (exact) mass is 437 g/mol. The Morgan fingerprint density at radius 3 is 2.50 bits per heavy atom. The van der Waals surface area contributed by atoms with Crippen molar-refractivity contribution in [3.05, 3.63) is 90.4 Å². The van der Waals surface area contributed by atoms with Crippen LogP contribution in [0.4, 0.5) is 8.78 Å². The summed E-state index contributed by atoms with van der Waals surface area (Å²) in [5, 5.41) is 7.87. The molecule has 1 N–H and O–H groups in total. The van der Waals surface area contributed by atoms with E-state index < -0.39 is 24.7 Å². The normalized spacial score (nSPS) is 12.6. The van der Waals surface area contributed by atoms with Crippen molar-refractivity contribution >= 4 is 16.8 Å². The Hall–Kier alpha value is -3.74. The fraction of sp³-hybridized carbons (Fsp3) is 0.200. The van der Waals surface area contributed by atoms with Crippen LogP contribution >= 0.6 is 0 Å². The number of nitrogens with one attached hydrogen (secondary N) is 1. The van der Waals surface area contributed by atoms with Crippen molar-refractivity contribution in [2.24, 2.45) is 0 Å². The molecule has 3 aromatic carbocycles. The van der Waals surface area contributed by atoms with Crippen LogP contribution in [0.5, 0.6) is 5.75 Å². The van der Waals surface area contributed by atoms with Crippen LogP contribution in [0.3, 0.4) is 0 Å². The first-order valence-electron chi connectivity index (χ1n) is 9.86. The molecule has 4 aromatic rings. The first kappa shape index (κ1) is 22.9. The van der Waals surface area contributed by atoms with Gasteiger partial charge in [0.2, 0.25) is 0 Å². The molecule has 0 aliphatic rings. The SMILES string of the molecule is C.C[C@H](NC(=O)CF)[C@H](Oc1ccc2c(cnn2-c2ccc(F)cc2)c1)c1ccccc1. The third-order valence-electron chi connectivity index (χ3n) is 4.97. The number of amides is 1.